The van der Waals surface area contributed by atoms with Gasteiger partial charge >= 0.3 is 11.9 Å². The van der Waals surface area contributed by atoms with Crippen LogP contribution in [0.2, 0.25) is 5.02 Å². The number of carboxylic acids is 1. The van der Waals surface area contributed by atoms with E-state index in [2.05, 4.69) is 135 Å². The average Bonchev–Trinajstić information content (AvgIpc) is 1.76. The Labute approximate surface area is 675 Å². The second-order valence-electron chi connectivity index (χ2n) is 30.4. The van der Waals surface area contributed by atoms with Crippen molar-refractivity contribution in [2.45, 2.75) is 117 Å². The number of hydrogen-bond acceptors (Lipinski definition) is 20. The molecule has 0 spiro atoms. The van der Waals surface area contributed by atoms with Crippen LogP contribution in [0.15, 0.2) is 207 Å². The van der Waals surface area contributed by atoms with Gasteiger partial charge in [0.05, 0.1) is 34.2 Å². The highest BCUT2D eigenvalue weighted by atomic mass is 35.5. The molecule has 0 radical (unpaired) electrons. The van der Waals surface area contributed by atoms with Crippen LogP contribution in [0.3, 0.4) is 0 Å². The van der Waals surface area contributed by atoms with Gasteiger partial charge in [0.2, 0.25) is 23.8 Å². The summed E-state index contributed by atoms with van der Waals surface area (Å²) >= 11 is 5.92. The fourth-order valence-electron chi connectivity index (χ4n) is 13.7. The van der Waals surface area contributed by atoms with Gasteiger partial charge in [-0.25, -0.2) is 29.7 Å². The minimum Gasteiger partial charge on any atom is -0.478 e. The number of carbonyl (C=O) groups excluding carboxylic acids is 1. The number of hydrogen-bond donors (Lipinski definition) is 10. The van der Waals surface area contributed by atoms with Crippen LogP contribution in [0.4, 0.5) is 46.9 Å². The summed E-state index contributed by atoms with van der Waals surface area (Å²) in [5.74, 6) is 3.60. The molecule has 4 aliphatic carbocycles. The summed E-state index contributed by atoms with van der Waals surface area (Å²) < 4.78 is 5.46. The Morgan fingerprint density at radius 2 is 1.25 bits per heavy atom. The monoisotopic (exact) mass is 1550 g/mol. The predicted molar refractivity (Wildman–Crippen MR) is 466 cm³/mol. The van der Waals surface area contributed by atoms with Gasteiger partial charge in [0.15, 0.2) is 0 Å². The van der Waals surface area contributed by atoms with E-state index >= 15 is 0 Å². The number of rotatable bonds is 20. The fraction of sp³-hybridized carbons (Fsp3) is 0.250. The van der Waals surface area contributed by atoms with Gasteiger partial charge in [0.1, 0.15) is 23.1 Å². The van der Waals surface area contributed by atoms with Crippen LogP contribution in [0.5, 0.6) is 0 Å². The van der Waals surface area contributed by atoms with Gasteiger partial charge < -0.3 is 59.4 Å². The van der Waals surface area contributed by atoms with Crippen molar-refractivity contribution in [1.82, 2.24) is 49.8 Å². The Hall–Kier alpha value is -13.1. The molecule has 15 N–H and O–H groups in total. The van der Waals surface area contributed by atoms with E-state index in [0.717, 1.165) is 169 Å². The van der Waals surface area contributed by atoms with Crippen LogP contribution >= 0.6 is 11.6 Å². The molecule has 115 heavy (non-hydrogen) atoms. The molecule has 3 fully saturated rings. The molecular weight excluding hydrogens is 1460 g/mol. The van der Waals surface area contributed by atoms with Crippen LogP contribution in [-0.2, 0) is 40.0 Å². The number of ether oxygens (including phenoxy) is 1. The van der Waals surface area contributed by atoms with Crippen molar-refractivity contribution in [3.8, 4) is 56.2 Å². The second-order valence-corrected chi connectivity index (χ2v) is 30.8. The van der Waals surface area contributed by atoms with E-state index in [9.17, 15) is 9.59 Å². The number of allylic oxidation sites excluding steroid dienone is 1. The number of halogens is 1. The highest BCUT2D eigenvalue weighted by Crippen LogP contribution is 2.38. The van der Waals surface area contributed by atoms with E-state index in [-0.39, 0.29) is 29.7 Å². The Kier molecular flexibility index (Phi) is 25.5. The number of nitrogen functional groups attached to an aromatic ring is 5. The number of aryl methyl sites for hydroxylation is 2. The van der Waals surface area contributed by atoms with Gasteiger partial charge in [-0.3, -0.25) is 9.78 Å². The number of H-pyrrole nitrogens is 1. The van der Waals surface area contributed by atoms with E-state index in [1.165, 1.54) is 59.1 Å². The van der Waals surface area contributed by atoms with Crippen molar-refractivity contribution in [3.05, 3.63) is 256 Å². The number of aromatic nitrogens is 10. The maximum atomic E-state index is 12.1. The van der Waals surface area contributed by atoms with E-state index in [1.54, 1.807) is 12.3 Å². The number of esters is 1. The number of fused-ring (bicyclic) bond motifs is 3. The van der Waals surface area contributed by atoms with Gasteiger partial charge in [-0.15, -0.1) is 0 Å². The number of nitrogens with one attached hydrogen (secondary N) is 4. The molecule has 0 amide bonds. The SMILES string of the molecule is CCc1cc(N)cc(-c2ccc(/C=C/C(=O)O)cc2)c1.Cc1cccc(-c2cc(NCC3CC(C(=O)OC(C)(C)C)C3)nc(N)n2)c1C.Nc1nc(CC2CC2)cc(-c2ccc3c(c2)C=CC3)n1.Nc1nc(NC2CC2)cc(-c2cccc3ncccc23)n1.Nc1nc(NCCc2ccc(Cl)cc2)cc(-c2cccc3[nH]ccc23)n1. The molecule has 6 aromatic heterocycles. The van der Waals surface area contributed by atoms with Gasteiger partial charge in [-0.1, -0.05) is 134 Å². The molecule has 0 bridgehead atoms. The first-order valence-corrected chi connectivity index (χ1v) is 39.3. The van der Waals surface area contributed by atoms with E-state index in [1.807, 2.05) is 173 Å². The zero-order valence-corrected chi connectivity index (χ0v) is 66.3. The maximum absolute atomic E-state index is 12.1. The summed E-state index contributed by atoms with van der Waals surface area (Å²) in [6, 6.07) is 60.8. The third kappa shape index (κ3) is 22.4. The highest BCUT2D eigenvalue weighted by molar-refractivity contribution is 6.30. The largest absolute Gasteiger partial charge is 0.478 e. The Morgan fingerprint density at radius 1 is 0.609 bits per heavy atom. The number of pyridine rings is 1. The highest BCUT2D eigenvalue weighted by Gasteiger charge is 2.37. The van der Waals surface area contributed by atoms with Crippen LogP contribution in [0, 0.1) is 31.6 Å². The normalized spacial score (nSPS) is 14.5. The lowest BCUT2D eigenvalue weighted by atomic mass is 9.75. The van der Waals surface area contributed by atoms with Crippen molar-refractivity contribution < 1.29 is 19.4 Å². The summed E-state index contributed by atoms with van der Waals surface area (Å²) in [6.45, 7) is 13.5. The molecule has 586 valence electrons. The van der Waals surface area contributed by atoms with Crippen molar-refractivity contribution in [2.24, 2.45) is 17.8 Å². The minimum atomic E-state index is -0.947. The molecule has 0 aliphatic heterocycles. The topological polar surface area (TPSA) is 362 Å². The van der Waals surface area contributed by atoms with Crippen molar-refractivity contribution in [1.29, 1.82) is 0 Å². The van der Waals surface area contributed by atoms with Crippen molar-refractivity contribution >= 4 is 104 Å². The van der Waals surface area contributed by atoms with Crippen molar-refractivity contribution in [2.75, 3.05) is 57.7 Å². The summed E-state index contributed by atoms with van der Waals surface area (Å²) in [5.41, 5.74) is 51.0. The third-order valence-electron chi connectivity index (χ3n) is 20.2. The van der Waals surface area contributed by atoms with Crippen LogP contribution in [0.1, 0.15) is 111 Å². The first kappa shape index (κ1) is 80.0. The molecule has 0 saturated heterocycles. The van der Waals surface area contributed by atoms with E-state index in [0.29, 0.717) is 29.5 Å². The fourth-order valence-corrected chi connectivity index (χ4v) is 13.8. The molecule has 0 unspecified atom stereocenters. The molecule has 0 atom stereocenters. The lowest BCUT2D eigenvalue weighted by Crippen LogP contribution is -2.38. The van der Waals surface area contributed by atoms with Crippen LogP contribution < -0.4 is 44.6 Å². The number of aromatic amines is 1. The van der Waals surface area contributed by atoms with Gasteiger partial charge in [-0.05, 0) is 227 Å². The smallest absolute Gasteiger partial charge is 0.328 e. The Bertz CT molecular complexity index is 5670. The molecule has 22 nitrogen and oxygen atoms in total. The number of nitrogens with zero attached hydrogens (tertiary/aromatic N) is 9. The number of anilines is 8. The Balaban J connectivity index is 0.000000126. The van der Waals surface area contributed by atoms with E-state index in [4.69, 9.17) is 50.1 Å². The number of carbonyl (C=O) groups is 2. The molecule has 7 aromatic carbocycles. The molecule has 3 saturated carbocycles. The first-order valence-electron chi connectivity index (χ1n) is 38.9. The second kappa shape index (κ2) is 36.6. The lowest BCUT2D eigenvalue weighted by molar-refractivity contribution is -0.164. The molecular formula is C92H97ClN18O4. The number of nitrogens with two attached hydrogens (primary N) is 5. The molecule has 6 heterocycles. The summed E-state index contributed by atoms with van der Waals surface area (Å²) in [6.07, 6.45) is 21.4. The number of benzene rings is 7. The summed E-state index contributed by atoms with van der Waals surface area (Å²) in [7, 11) is 0. The molecule has 17 rings (SSSR count). The van der Waals surface area contributed by atoms with Gasteiger partial charge in [-0.2, -0.15) is 15.0 Å². The third-order valence-corrected chi connectivity index (χ3v) is 20.4. The average molecular weight is 1550 g/mol. The van der Waals surface area contributed by atoms with Crippen LogP contribution in [0.25, 0.3) is 90.1 Å². The minimum absolute atomic E-state index is 0.00648. The molecule has 23 heteroatoms. The quantitative estimate of drug-likeness (QED) is 0.0192. The standard InChI is InChI=1S/C22H30N4O2.C20H18ClN5.C17H17N3.C17H17NO2.C16H15N5/c1-13-7-6-8-17(14(13)2)18-11-19(26-21(23)25-18)24-12-15-9-16(10-15)20(27)28-22(3,4)5;21-14-6-4-13(5-7-14)8-10-24-19-12-18(25-20(22)26-19)15-2-1-3-17-16(15)9-11-23-17;18-17-19-15(8-11-4-5-11)10-16(20-17)14-7-6-12-2-1-3-13(12)9-14;1-2-12-9-15(11-16(18)10-12)14-6-3-13(4-7-14)5-8-17(19)20;17-16-20-14(9-15(21-16)19-10-6-7-10)12-3-1-5-13-11(12)4-2-8-18-13/h6-8,11,15-16H,9-10,12H2,1-5H3,(H3,23,24,25,26);1-7,9,11-12,23H,8,10H2,(H3,22,24,25,26);1,3,6-7,9-11H,2,4-5,8H2,(H2,18,19,20);3-11H,2,18H2,1H3,(H,19,20);1-5,8-10H,6-7H2,(H3,17,19,20,21)/b;;;8-5+;. The summed E-state index contributed by atoms with van der Waals surface area (Å²) in [4.78, 5) is 65.0. The Morgan fingerprint density at radius 3 is 1.95 bits per heavy atom. The zero-order chi connectivity index (χ0) is 80.7. The predicted octanol–water partition coefficient (Wildman–Crippen LogP) is 18.3. The molecule has 4 aliphatic rings. The van der Waals surface area contributed by atoms with Crippen LogP contribution in [-0.4, -0.2) is 91.6 Å². The number of carboxylic acid groups (broad SMARTS) is 1. The van der Waals surface area contributed by atoms with Gasteiger partial charge in [0.25, 0.3) is 0 Å². The first-order chi connectivity index (χ1) is 55.5. The maximum Gasteiger partial charge on any atom is 0.328 e. The van der Waals surface area contributed by atoms with Gasteiger partial charge in [0, 0.05) is 111 Å². The number of aliphatic carboxylic acids is 1. The lowest BCUT2D eigenvalue weighted by Gasteiger charge is -2.35. The molecule has 13 aromatic rings. The zero-order valence-electron chi connectivity index (χ0n) is 65.5. The van der Waals surface area contributed by atoms with E-state index < -0.39 is 11.6 Å². The van der Waals surface area contributed by atoms with Crippen molar-refractivity contribution in [3.63, 3.8) is 0 Å². The summed E-state index contributed by atoms with van der Waals surface area (Å²) in [5, 5.41) is 21.6.